The summed E-state index contributed by atoms with van der Waals surface area (Å²) in [6, 6.07) is -1.15. The Labute approximate surface area is 116 Å². The second-order valence-corrected chi connectivity index (χ2v) is 5.53. The summed E-state index contributed by atoms with van der Waals surface area (Å²) in [6.45, 7) is 3.91. The van der Waals surface area contributed by atoms with Crippen LogP contribution in [-0.2, 0) is 9.59 Å². The van der Waals surface area contributed by atoms with Crippen molar-refractivity contribution in [2.75, 3.05) is 18.2 Å². The van der Waals surface area contributed by atoms with Crippen LogP contribution in [0.1, 0.15) is 20.3 Å². The summed E-state index contributed by atoms with van der Waals surface area (Å²) in [5, 5.41) is 14.2. The maximum atomic E-state index is 11.8. The summed E-state index contributed by atoms with van der Waals surface area (Å²) in [7, 11) is 0. The van der Waals surface area contributed by atoms with E-state index in [-0.39, 0.29) is 24.9 Å². The van der Waals surface area contributed by atoms with Crippen molar-refractivity contribution in [3.63, 3.8) is 0 Å². The van der Waals surface area contributed by atoms with Crippen molar-refractivity contribution >= 4 is 29.7 Å². The van der Waals surface area contributed by atoms with Crippen molar-refractivity contribution in [3.8, 4) is 0 Å². The molecule has 1 saturated heterocycles. The van der Waals surface area contributed by atoms with Gasteiger partial charge in [-0.3, -0.25) is 4.79 Å². The molecule has 3 amide bonds. The lowest BCUT2D eigenvalue weighted by Crippen LogP contribution is -2.47. The molecule has 1 rings (SSSR count). The number of hydrogen-bond acceptors (Lipinski definition) is 4. The average molecular weight is 289 g/mol. The molecule has 0 aliphatic carbocycles. The molecule has 19 heavy (non-hydrogen) atoms. The molecule has 3 N–H and O–H groups in total. The minimum Gasteiger partial charge on any atom is -0.480 e. The number of thioether (sulfide) groups is 1. The average Bonchev–Trinajstić information content (AvgIpc) is 2.76. The lowest BCUT2D eigenvalue weighted by atomic mass is 10.3. The molecule has 1 atom stereocenters. The van der Waals surface area contributed by atoms with E-state index in [1.165, 1.54) is 16.7 Å². The van der Waals surface area contributed by atoms with Crippen molar-refractivity contribution < 1.29 is 19.5 Å². The van der Waals surface area contributed by atoms with Gasteiger partial charge in [0.2, 0.25) is 5.91 Å². The van der Waals surface area contributed by atoms with Crippen LogP contribution in [0.3, 0.4) is 0 Å². The van der Waals surface area contributed by atoms with Crippen molar-refractivity contribution in [2.45, 2.75) is 32.4 Å². The third-order valence-electron chi connectivity index (χ3n) is 2.51. The van der Waals surface area contributed by atoms with Gasteiger partial charge in [0.05, 0.1) is 5.88 Å². The summed E-state index contributed by atoms with van der Waals surface area (Å²) in [6.07, 6.45) is 0.183. The first-order valence-electron chi connectivity index (χ1n) is 6.06. The number of aliphatic carboxylic acids is 1. The molecule has 0 radical (unpaired) electrons. The van der Waals surface area contributed by atoms with E-state index in [9.17, 15) is 14.4 Å². The smallest absolute Gasteiger partial charge is 0.327 e. The van der Waals surface area contributed by atoms with E-state index >= 15 is 0 Å². The Hall–Kier alpha value is -1.44. The highest BCUT2D eigenvalue weighted by Crippen LogP contribution is 2.20. The molecular weight excluding hydrogens is 270 g/mol. The fourth-order valence-electron chi connectivity index (χ4n) is 1.63. The number of carboxylic acid groups (broad SMARTS) is 1. The molecule has 1 heterocycles. The second kappa shape index (κ2) is 7.22. The first kappa shape index (κ1) is 15.6. The maximum Gasteiger partial charge on any atom is 0.327 e. The predicted octanol–water partition coefficient (Wildman–Crippen LogP) is 0.0702. The largest absolute Gasteiger partial charge is 0.480 e. The SMILES string of the molecule is CC(C)NC(=O)CCNC(=O)N1CSC[C@H]1C(=O)O. The van der Waals surface area contributed by atoms with E-state index in [2.05, 4.69) is 10.6 Å². The minimum absolute atomic E-state index is 0.0644. The minimum atomic E-state index is -1.00. The van der Waals surface area contributed by atoms with Gasteiger partial charge in [-0.25, -0.2) is 9.59 Å². The fraction of sp³-hybridized carbons (Fsp3) is 0.727. The van der Waals surface area contributed by atoms with E-state index in [1.54, 1.807) is 0 Å². The Kier molecular flexibility index (Phi) is 5.94. The van der Waals surface area contributed by atoms with Crippen LogP contribution in [-0.4, -0.2) is 58.2 Å². The molecule has 0 aromatic heterocycles. The maximum absolute atomic E-state index is 11.8. The number of amides is 3. The molecule has 108 valence electrons. The predicted molar refractivity (Wildman–Crippen MR) is 71.9 cm³/mol. The van der Waals surface area contributed by atoms with Crippen LogP contribution in [0, 0.1) is 0 Å². The van der Waals surface area contributed by atoms with Crippen molar-refractivity contribution in [1.82, 2.24) is 15.5 Å². The van der Waals surface area contributed by atoms with Crippen LogP contribution in [0.25, 0.3) is 0 Å². The molecule has 0 unspecified atom stereocenters. The molecule has 0 aromatic carbocycles. The third-order valence-corrected chi connectivity index (χ3v) is 3.52. The number of nitrogens with one attached hydrogen (secondary N) is 2. The number of carboxylic acids is 1. The molecule has 0 saturated carbocycles. The highest BCUT2D eigenvalue weighted by molar-refractivity contribution is 7.99. The molecule has 0 spiro atoms. The molecule has 1 fully saturated rings. The Morgan fingerprint density at radius 3 is 2.68 bits per heavy atom. The number of hydrogen-bond donors (Lipinski definition) is 3. The highest BCUT2D eigenvalue weighted by Gasteiger charge is 2.34. The Morgan fingerprint density at radius 2 is 2.11 bits per heavy atom. The second-order valence-electron chi connectivity index (χ2n) is 4.53. The van der Waals surface area contributed by atoms with E-state index in [0.717, 1.165) is 0 Å². The molecular formula is C11H19N3O4S. The Bertz CT molecular complexity index is 362. The van der Waals surface area contributed by atoms with Crippen LogP contribution in [0.4, 0.5) is 4.79 Å². The van der Waals surface area contributed by atoms with Gasteiger partial charge in [0.15, 0.2) is 0 Å². The van der Waals surface area contributed by atoms with Gasteiger partial charge in [-0.05, 0) is 13.8 Å². The summed E-state index contributed by atoms with van der Waals surface area (Å²) in [5.41, 5.74) is 0. The van der Waals surface area contributed by atoms with Crippen LogP contribution in [0.2, 0.25) is 0 Å². The monoisotopic (exact) mass is 289 g/mol. The van der Waals surface area contributed by atoms with Crippen LogP contribution >= 0.6 is 11.8 Å². The number of carbonyl (C=O) groups excluding carboxylic acids is 2. The van der Waals surface area contributed by atoms with Gasteiger partial charge in [-0.2, -0.15) is 0 Å². The molecule has 8 heteroatoms. The summed E-state index contributed by atoms with van der Waals surface area (Å²) in [4.78, 5) is 35.3. The van der Waals surface area contributed by atoms with Crippen molar-refractivity contribution in [2.24, 2.45) is 0 Å². The van der Waals surface area contributed by atoms with Gasteiger partial charge in [0, 0.05) is 24.8 Å². The van der Waals surface area contributed by atoms with E-state index < -0.39 is 18.0 Å². The summed E-state index contributed by atoms with van der Waals surface area (Å²) in [5.74, 6) is -0.379. The van der Waals surface area contributed by atoms with Crippen molar-refractivity contribution in [1.29, 1.82) is 0 Å². The van der Waals surface area contributed by atoms with Gasteiger partial charge < -0.3 is 20.6 Å². The Morgan fingerprint density at radius 1 is 1.42 bits per heavy atom. The molecule has 0 aromatic rings. The fourth-order valence-corrected chi connectivity index (χ4v) is 2.77. The van der Waals surface area contributed by atoms with E-state index in [1.807, 2.05) is 13.8 Å². The molecule has 0 bridgehead atoms. The summed E-state index contributed by atoms with van der Waals surface area (Å²) < 4.78 is 0. The Balaban J connectivity index is 2.31. The van der Waals surface area contributed by atoms with Gasteiger partial charge in [-0.15, -0.1) is 11.8 Å². The zero-order valence-corrected chi connectivity index (χ0v) is 11.8. The molecule has 1 aliphatic rings. The standard InChI is InChI=1S/C11H19N3O4S/c1-7(2)13-9(15)3-4-12-11(18)14-6-19-5-8(14)10(16)17/h7-8H,3-6H2,1-2H3,(H,12,18)(H,13,15)(H,16,17)/t8-/m0/s1. The van der Waals surface area contributed by atoms with Crippen LogP contribution < -0.4 is 10.6 Å². The van der Waals surface area contributed by atoms with Gasteiger partial charge in [0.25, 0.3) is 0 Å². The number of carbonyl (C=O) groups is 3. The highest BCUT2D eigenvalue weighted by atomic mass is 32.2. The molecule has 1 aliphatic heterocycles. The molecule has 7 nitrogen and oxygen atoms in total. The van der Waals surface area contributed by atoms with Crippen molar-refractivity contribution in [3.05, 3.63) is 0 Å². The van der Waals surface area contributed by atoms with Gasteiger partial charge in [0.1, 0.15) is 6.04 Å². The number of rotatable bonds is 5. The third kappa shape index (κ3) is 4.98. The zero-order chi connectivity index (χ0) is 14.4. The lowest BCUT2D eigenvalue weighted by Gasteiger charge is -2.20. The van der Waals surface area contributed by atoms with Crippen LogP contribution in [0.15, 0.2) is 0 Å². The summed E-state index contributed by atoms with van der Waals surface area (Å²) >= 11 is 1.40. The van der Waals surface area contributed by atoms with E-state index in [4.69, 9.17) is 5.11 Å². The van der Waals surface area contributed by atoms with Crippen LogP contribution in [0.5, 0.6) is 0 Å². The topological polar surface area (TPSA) is 98.7 Å². The number of urea groups is 1. The first-order chi connectivity index (χ1) is 8.91. The van der Waals surface area contributed by atoms with Gasteiger partial charge in [-0.1, -0.05) is 0 Å². The quantitative estimate of drug-likeness (QED) is 0.665. The zero-order valence-electron chi connectivity index (χ0n) is 11.0. The first-order valence-corrected chi connectivity index (χ1v) is 7.21. The van der Waals surface area contributed by atoms with Gasteiger partial charge >= 0.3 is 12.0 Å². The number of nitrogens with zero attached hydrogens (tertiary/aromatic N) is 1. The van der Waals surface area contributed by atoms with E-state index in [0.29, 0.717) is 11.6 Å². The lowest BCUT2D eigenvalue weighted by molar-refractivity contribution is -0.140. The normalized spacial score (nSPS) is 18.5.